The Hall–Kier alpha value is -9.93. The Balaban J connectivity index is 0.000000145. The van der Waals surface area contributed by atoms with E-state index in [1.807, 2.05) is 91.0 Å². The molecule has 6 aromatic heterocycles. The molecule has 0 saturated carbocycles. The van der Waals surface area contributed by atoms with Gasteiger partial charge < -0.3 is 20.9 Å². The number of carbonyl (C=O) groups is 3. The smallest absolute Gasteiger partial charge is 0.263 e. The minimum absolute atomic E-state index is 0.0452. The lowest BCUT2D eigenvalue weighted by molar-refractivity contribution is 0.101. The number of sulfonamides is 1. The Morgan fingerprint density at radius 3 is 1.53 bits per heavy atom. The molecule has 13 rings (SSSR count). The number of nitrogens with one attached hydrogen (secondary N) is 6. The first-order valence-electron chi connectivity index (χ1n) is 29.9. The van der Waals surface area contributed by atoms with Crippen molar-refractivity contribution in [1.29, 1.82) is 0 Å². The number of anilines is 5. The number of piperidine rings is 1. The zero-order valence-electron chi connectivity index (χ0n) is 51.0. The number of rotatable bonds is 21. The second-order valence-electron chi connectivity index (χ2n) is 21.3. The van der Waals surface area contributed by atoms with E-state index < -0.39 is 10.0 Å². The summed E-state index contributed by atoms with van der Waals surface area (Å²) in [6, 6.07) is 44.7. The number of H-pyrrole nitrogens is 2. The number of fused-ring (bicyclic) bond motifs is 2. The molecule has 0 aliphatic carbocycles. The van der Waals surface area contributed by atoms with Crippen LogP contribution >= 0.6 is 46.6 Å². The Morgan fingerprint density at radius 2 is 1.05 bits per heavy atom. The molecule has 0 spiro atoms. The van der Waals surface area contributed by atoms with Crippen LogP contribution < -0.4 is 25.6 Å². The number of hydrogen-bond acceptors (Lipinski definition) is 20. The second kappa shape index (κ2) is 32.1. The van der Waals surface area contributed by atoms with E-state index in [1.165, 1.54) is 79.2 Å². The first-order chi connectivity index (χ1) is 45.9. The molecule has 1 aliphatic rings. The molecule has 0 unspecified atom stereocenters. The van der Waals surface area contributed by atoms with Gasteiger partial charge in [0.05, 0.1) is 34.3 Å². The maximum Gasteiger partial charge on any atom is 0.263 e. The van der Waals surface area contributed by atoms with Gasteiger partial charge in [-0.05, 0) is 152 Å². The van der Waals surface area contributed by atoms with Crippen molar-refractivity contribution in [2.75, 3.05) is 38.7 Å². The first-order valence-corrected chi connectivity index (χ1v) is 35.1. The van der Waals surface area contributed by atoms with Crippen LogP contribution in [0.4, 0.5) is 27.9 Å². The van der Waals surface area contributed by atoms with E-state index in [4.69, 9.17) is 0 Å². The van der Waals surface area contributed by atoms with E-state index >= 15 is 0 Å². The third kappa shape index (κ3) is 18.2. The van der Waals surface area contributed by atoms with E-state index in [0.29, 0.717) is 44.5 Å². The Labute approximate surface area is 559 Å². The van der Waals surface area contributed by atoms with Crippen molar-refractivity contribution in [3.8, 4) is 0 Å². The summed E-state index contributed by atoms with van der Waals surface area (Å²) in [7, 11) is -3.81. The van der Waals surface area contributed by atoms with Crippen molar-refractivity contribution in [3.63, 3.8) is 0 Å². The van der Waals surface area contributed by atoms with Gasteiger partial charge in [-0.15, -0.1) is 45.5 Å². The molecule has 1 aliphatic heterocycles. The van der Waals surface area contributed by atoms with Gasteiger partial charge in [0.1, 0.15) is 32.7 Å². The predicted octanol–water partition coefficient (Wildman–Crippen LogP) is 13.7. The molecule has 12 aromatic rings. The number of hydrogen-bond donors (Lipinski definition) is 6. The molecule has 476 valence electrons. The summed E-state index contributed by atoms with van der Waals surface area (Å²) in [5.74, 6) is 1.53. The topological polar surface area (TPSA) is 297 Å². The molecule has 0 atom stereocenters. The van der Waals surface area contributed by atoms with Crippen LogP contribution in [0.2, 0.25) is 0 Å². The number of aromatic amines is 2. The van der Waals surface area contributed by atoms with E-state index in [1.54, 1.807) is 67.5 Å². The van der Waals surface area contributed by atoms with Crippen LogP contribution in [0.5, 0.6) is 0 Å². The van der Waals surface area contributed by atoms with Crippen LogP contribution in [0.25, 0.3) is 22.1 Å². The van der Waals surface area contributed by atoms with Crippen molar-refractivity contribution in [3.05, 3.63) is 233 Å². The molecule has 1 saturated heterocycles. The molecule has 1 fully saturated rings. The average molecular weight is 1350 g/mol. The molecule has 22 nitrogen and oxygen atoms in total. The maximum atomic E-state index is 12.8. The van der Waals surface area contributed by atoms with Gasteiger partial charge in [-0.3, -0.25) is 34.3 Å². The highest BCUT2D eigenvalue weighted by molar-refractivity contribution is 7.99. The van der Waals surface area contributed by atoms with E-state index in [-0.39, 0.29) is 27.7 Å². The molecular formula is C67H63N17O5S5. The van der Waals surface area contributed by atoms with Crippen LogP contribution in [0.15, 0.2) is 209 Å². The highest BCUT2D eigenvalue weighted by Gasteiger charge is 2.19. The van der Waals surface area contributed by atoms with Gasteiger partial charge in [0.25, 0.3) is 27.7 Å². The van der Waals surface area contributed by atoms with Crippen LogP contribution in [0.1, 0.15) is 90.9 Å². The largest absolute Gasteiger partial charge is 0.372 e. The molecule has 6 N–H and O–H groups in total. The number of aryl methyl sites for hydroxylation is 2. The SMILES string of the molecule is CCCc1ccc(NC(=O)c2cccc(CSc3ncnc4[nH]ncc34)c2)cc1.Cc1nnc(NS(=O)(=O)c2ccc(NC(=O)c3cccc(CSc4ncnc5[nH]ncc45)c3)cc2)s1.O=C(Nc1ccc(N2CCCCC2)cc1)c1cccc(CSc2cnccn2)c1. The fraction of sp³-hybridized carbons (Fsp3) is 0.179. The van der Waals surface area contributed by atoms with Gasteiger partial charge in [0, 0.05) is 82.2 Å². The van der Waals surface area contributed by atoms with Crippen molar-refractivity contribution < 1.29 is 22.8 Å². The summed E-state index contributed by atoms with van der Waals surface area (Å²) < 4.78 is 27.5. The number of carbonyl (C=O) groups excluding carboxylic acids is 3. The highest BCUT2D eigenvalue weighted by Crippen LogP contribution is 2.30. The van der Waals surface area contributed by atoms with Gasteiger partial charge >= 0.3 is 0 Å². The third-order valence-electron chi connectivity index (χ3n) is 14.4. The molecular weight excluding hydrogens is 1280 g/mol. The van der Waals surface area contributed by atoms with Crippen LogP contribution in [0, 0.1) is 6.92 Å². The summed E-state index contributed by atoms with van der Waals surface area (Å²) in [5.41, 5.74) is 10.8. The van der Waals surface area contributed by atoms with E-state index in [9.17, 15) is 22.8 Å². The summed E-state index contributed by atoms with van der Waals surface area (Å²) >= 11 is 5.86. The van der Waals surface area contributed by atoms with E-state index in [2.05, 4.69) is 117 Å². The van der Waals surface area contributed by atoms with Crippen molar-refractivity contribution in [2.45, 2.75) is 83.2 Å². The highest BCUT2D eigenvalue weighted by atomic mass is 32.2. The molecule has 94 heavy (non-hydrogen) atoms. The van der Waals surface area contributed by atoms with Crippen LogP contribution in [0.3, 0.4) is 0 Å². The van der Waals surface area contributed by atoms with Crippen molar-refractivity contribution in [1.82, 2.24) is 60.5 Å². The minimum Gasteiger partial charge on any atom is -0.372 e. The summed E-state index contributed by atoms with van der Waals surface area (Å²) in [5, 5.41) is 35.1. The lowest BCUT2D eigenvalue weighted by Gasteiger charge is -2.28. The molecule has 6 aromatic carbocycles. The predicted molar refractivity (Wildman–Crippen MR) is 372 cm³/mol. The van der Waals surface area contributed by atoms with Crippen molar-refractivity contribution >= 4 is 124 Å². The second-order valence-corrected chi connectivity index (χ2v) is 27.1. The van der Waals surface area contributed by atoms with Crippen LogP contribution in [-0.4, -0.2) is 99.7 Å². The van der Waals surface area contributed by atoms with E-state index in [0.717, 1.165) is 103 Å². The zero-order valence-corrected chi connectivity index (χ0v) is 55.1. The maximum absolute atomic E-state index is 12.8. The Kier molecular flexibility index (Phi) is 22.4. The zero-order chi connectivity index (χ0) is 65.1. The number of nitrogens with zero attached hydrogens (tertiary/aromatic N) is 11. The van der Waals surface area contributed by atoms with Gasteiger partial charge in [-0.1, -0.05) is 73.2 Å². The molecule has 3 amide bonds. The van der Waals surface area contributed by atoms with Gasteiger partial charge in [-0.2, -0.15) is 10.2 Å². The molecule has 0 radical (unpaired) electrons. The summed E-state index contributed by atoms with van der Waals surface area (Å²) in [6.07, 6.45) is 17.5. The molecule has 0 bridgehead atoms. The number of aromatic nitrogens is 12. The number of thioether (sulfide) groups is 3. The summed E-state index contributed by atoms with van der Waals surface area (Å²) in [6.45, 7) is 6.12. The van der Waals surface area contributed by atoms with Crippen molar-refractivity contribution in [2.24, 2.45) is 0 Å². The molecule has 7 heterocycles. The normalized spacial score (nSPS) is 12.0. The fourth-order valence-corrected chi connectivity index (χ4v) is 14.1. The minimum atomic E-state index is -3.81. The van der Waals surface area contributed by atoms with Gasteiger partial charge in [0.2, 0.25) is 5.13 Å². The average Bonchev–Trinajstić information content (AvgIpc) is 1.93. The Bertz CT molecular complexity index is 4630. The monoisotopic (exact) mass is 1350 g/mol. The lowest BCUT2D eigenvalue weighted by atomic mass is 10.1. The number of amides is 3. The lowest BCUT2D eigenvalue weighted by Crippen LogP contribution is -2.29. The quantitative estimate of drug-likeness (QED) is 0.0288. The summed E-state index contributed by atoms with van der Waals surface area (Å²) in [4.78, 5) is 65.9. The van der Waals surface area contributed by atoms with Crippen LogP contribution in [-0.2, 0) is 33.7 Å². The fourth-order valence-electron chi connectivity index (χ4n) is 9.73. The van der Waals surface area contributed by atoms with Gasteiger partial charge in [0.15, 0.2) is 11.3 Å². The Morgan fingerprint density at radius 1 is 0.553 bits per heavy atom. The number of benzene rings is 6. The molecule has 27 heteroatoms. The first kappa shape index (κ1) is 65.6. The standard InChI is InChI=1S/C23H24N4OS.C22H18N8O3S3.C22H21N5OS/c28-23(26-20-7-9-21(10-8-20)27-13-2-1-3-14-27)19-6-4-5-18(15-19)17-29-22-16-24-11-12-25-22;1-13-27-29-22(35-13)30-36(32,33)17-7-5-16(6-8-17)26-20(31)15-4-2-3-14(9-15)11-34-21-18-10-25-28-19(18)23-12-24-21;1-2-4-15-7-9-18(10-8-15)26-21(28)17-6-3-5-16(11-17)13-29-22-19-12-25-27-20(19)23-14-24-22/h4-12,15-16H,1-3,13-14,17H2,(H,26,28);2-10,12H,11H2,1H3,(H,26,31)(H,29,30)(H,23,24,25,28);3,5-12,14H,2,4,13H2,1H3,(H,26,28)(H,23,24,25,27). The van der Waals surface area contributed by atoms with Gasteiger partial charge in [-0.25, -0.2) is 33.3 Å². The third-order valence-corrected chi connectivity index (χ3v) is 19.8.